The molecule has 2 amide bonds. The molecule has 1 aliphatic rings. The number of amides is 2. The molecule has 1 heterocycles. The van der Waals surface area contributed by atoms with Crippen molar-refractivity contribution in [3.63, 3.8) is 0 Å². The fourth-order valence-corrected chi connectivity index (χ4v) is 2.97. The van der Waals surface area contributed by atoms with E-state index >= 15 is 0 Å². The third kappa shape index (κ3) is 5.20. The molecule has 8 heteroatoms. The summed E-state index contributed by atoms with van der Waals surface area (Å²) in [6.45, 7) is 1.46. The van der Waals surface area contributed by atoms with Crippen molar-refractivity contribution < 1.29 is 23.9 Å². The summed E-state index contributed by atoms with van der Waals surface area (Å²) in [6, 6.07) is 13.1. The number of halogens is 1. The molecule has 0 radical (unpaired) electrons. The van der Waals surface area contributed by atoms with Crippen molar-refractivity contribution in [2.24, 2.45) is 5.92 Å². The minimum Gasteiger partial charge on any atom is -0.457 e. The summed E-state index contributed by atoms with van der Waals surface area (Å²) in [5, 5.41) is 1.60. The zero-order chi connectivity index (χ0) is 21.0. The van der Waals surface area contributed by atoms with Crippen LogP contribution in [0.3, 0.4) is 0 Å². The largest absolute Gasteiger partial charge is 0.457 e. The first-order valence-electron chi connectivity index (χ1n) is 8.97. The molecule has 2 aromatic rings. The van der Waals surface area contributed by atoms with Crippen LogP contribution in [-0.4, -0.2) is 41.7 Å². The zero-order valence-corrected chi connectivity index (χ0v) is 16.4. The molecule has 0 bridgehead atoms. The molecule has 0 saturated carbocycles. The standard InChI is InChI=1S/C21H19ClN2O5/c1-13-2-4-15(5-3-13)20(27)23-24-11-16(10-19(24)26)21(28)29-12-18(25)14-6-8-17(22)9-7-14/h2-9,16H,10-12H2,1H3,(H,23,27)/t16-/m0/s1. The Kier molecular flexibility index (Phi) is 6.29. The summed E-state index contributed by atoms with van der Waals surface area (Å²) in [5.41, 5.74) is 4.29. The highest BCUT2D eigenvalue weighted by Crippen LogP contribution is 2.18. The van der Waals surface area contributed by atoms with E-state index in [0.29, 0.717) is 16.1 Å². The van der Waals surface area contributed by atoms with Crippen LogP contribution in [0.25, 0.3) is 0 Å². The second-order valence-electron chi connectivity index (χ2n) is 6.75. The Bertz CT molecular complexity index is 941. The number of hydrogen-bond acceptors (Lipinski definition) is 5. The molecular formula is C21H19ClN2O5. The monoisotopic (exact) mass is 414 g/mol. The summed E-state index contributed by atoms with van der Waals surface area (Å²) >= 11 is 5.78. The maximum absolute atomic E-state index is 12.3. The molecule has 1 atom stereocenters. The van der Waals surface area contributed by atoms with Gasteiger partial charge in [-0.15, -0.1) is 0 Å². The van der Waals surface area contributed by atoms with Gasteiger partial charge < -0.3 is 4.74 Å². The van der Waals surface area contributed by atoms with Gasteiger partial charge in [-0.1, -0.05) is 29.3 Å². The first-order valence-corrected chi connectivity index (χ1v) is 9.34. The number of benzene rings is 2. The number of esters is 1. The molecule has 7 nitrogen and oxygen atoms in total. The molecule has 1 N–H and O–H groups in total. The van der Waals surface area contributed by atoms with E-state index in [2.05, 4.69) is 5.43 Å². The molecule has 1 saturated heterocycles. The Hall–Kier alpha value is -3.19. The minimum absolute atomic E-state index is 0.00952. The van der Waals surface area contributed by atoms with E-state index in [1.54, 1.807) is 48.5 Å². The van der Waals surface area contributed by atoms with Gasteiger partial charge >= 0.3 is 5.97 Å². The number of ether oxygens (including phenoxy) is 1. The molecule has 1 aliphatic heterocycles. The Balaban J connectivity index is 1.51. The topological polar surface area (TPSA) is 92.8 Å². The lowest BCUT2D eigenvalue weighted by molar-refractivity contribution is -0.147. The first-order chi connectivity index (χ1) is 13.8. The predicted octanol–water partition coefficient (Wildman–Crippen LogP) is 2.57. The van der Waals surface area contributed by atoms with Gasteiger partial charge in [0.2, 0.25) is 5.91 Å². The minimum atomic E-state index is -0.751. The fraction of sp³-hybridized carbons (Fsp3) is 0.238. The lowest BCUT2D eigenvalue weighted by Crippen LogP contribution is -2.43. The molecule has 0 aromatic heterocycles. The van der Waals surface area contributed by atoms with Gasteiger partial charge in [0.25, 0.3) is 5.91 Å². The normalized spacial score (nSPS) is 15.9. The SMILES string of the molecule is Cc1ccc(C(=O)NN2C[C@@H](C(=O)OCC(=O)c3ccc(Cl)cc3)CC2=O)cc1. The smallest absolute Gasteiger partial charge is 0.311 e. The van der Waals surface area contributed by atoms with Crippen molar-refractivity contribution in [3.05, 3.63) is 70.2 Å². The number of carbonyl (C=O) groups is 4. The van der Waals surface area contributed by atoms with Crippen LogP contribution in [0.2, 0.25) is 5.02 Å². The number of hydrazine groups is 1. The number of hydrogen-bond donors (Lipinski definition) is 1. The highest BCUT2D eigenvalue weighted by molar-refractivity contribution is 6.30. The Morgan fingerprint density at radius 1 is 1.07 bits per heavy atom. The zero-order valence-electron chi connectivity index (χ0n) is 15.7. The third-order valence-electron chi connectivity index (χ3n) is 4.52. The number of nitrogens with one attached hydrogen (secondary N) is 1. The average Bonchev–Trinajstić information content (AvgIpc) is 3.07. The Morgan fingerprint density at radius 2 is 1.69 bits per heavy atom. The van der Waals surface area contributed by atoms with Crippen LogP contribution in [0.1, 0.15) is 32.7 Å². The molecule has 3 rings (SSSR count). The maximum atomic E-state index is 12.3. The van der Waals surface area contributed by atoms with Crippen LogP contribution < -0.4 is 5.43 Å². The van der Waals surface area contributed by atoms with Gasteiger partial charge in [0.1, 0.15) is 0 Å². The molecule has 29 heavy (non-hydrogen) atoms. The molecule has 0 spiro atoms. The van der Waals surface area contributed by atoms with E-state index in [1.165, 1.54) is 0 Å². The maximum Gasteiger partial charge on any atom is 0.311 e. The van der Waals surface area contributed by atoms with Crippen LogP contribution in [0.15, 0.2) is 48.5 Å². The summed E-state index contributed by atoms with van der Waals surface area (Å²) in [5.74, 6) is -2.61. The Labute approximate surface area is 172 Å². The summed E-state index contributed by atoms with van der Waals surface area (Å²) in [4.78, 5) is 48.7. The number of Topliss-reactive ketones (excluding diaryl/α,β-unsaturated/α-hetero) is 1. The highest BCUT2D eigenvalue weighted by atomic mass is 35.5. The first kappa shape index (κ1) is 20.5. The fourth-order valence-electron chi connectivity index (χ4n) is 2.84. The van der Waals surface area contributed by atoms with E-state index < -0.39 is 30.3 Å². The summed E-state index contributed by atoms with van der Waals surface area (Å²) in [7, 11) is 0. The number of rotatable bonds is 6. The van der Waals surface area contributed by atoms with E-state index in [-0.39, 0.29) is 18.7 Å². The van der Waals surface area contributed by atoms with Gasteiger partial charge in [-0.05, 0) is 43.3 Å². The van der Waals surface area contributed by atoms with Gasteiger partial charge in [-0.25, -0.2) is 0 Å². The number of ketones is 1. The van der Waals surface area contributed by atoms with Gasteiger partial charge in [0.15, 0.2) is 12.4 Å². The molecule has 0 aliphatic carbocycles. The second-order valence-corrected chi connectivity index (χ2v) is 7.19. The van der Waals surface area contributed by atoms with Gasteiger partial charge in [-0.2, -0.15) is 0 Å². The van der Waals surface area contributed by atoms with Gasteiger partial charge in [0.05, 0.1) is 12.5 Å². The molecule has 150 valence electrons. The highest BCUT2D eigenvalue weighted by Gasteiger charge is 2.36. The molecule has 1 fully saturated rings. The van der Waals surface area contributed by atoms with Crippen LogP contribution in [0, 0.1) is 12.8 Å². The number of carbonyl (C=O) groups excluding carboxylic acids is 4. The van der Waals surface area contributed by atoms with Crippen molar-refractivity contribution >= 4 is 35.2 Å². The average molecular weight is 415 g/mol. The quantitative estimate of drug-likeness (QED) is 0.579. The van der Waals surface area contributed by atoms with E-state index in [1.807, 2.05) is 6.92 Å². The van der Waals surface area contributed by atoms with Crippen LogP contribution in [0.4, 0.5) is 0 Å². The van der Waals surface area contributed by atoms with Crippen molar-refractivity contribution in [2.75, 3.05) is 13.2 Å². The predicted molar refractivity (Wildman–Crippen MR) is 105 cm³/mol. The van der Waals surface area contributed by atoms with Gasteiger partial charge in [0, 0.05) is 22.6 Å². The van der Waals surface area contributed by atoms with E-state index in [4.69, 9.17) is 16.3 Å². The number of nitrogens with zero attached hydrogens (tertiary/aromatic N) is 1. The Morgan fingerprint density at radius 3 is 2.34 bits per heavy atom. The molecular weight excluding hydrogens is 396 g/mol. The van der Waals surface area contributed by atoms with E-state index in [0.717, 1.165) is 10.6 Å². The lowest BCUT2D eigenvalue weighted by Gasteiger charge is -2.17. The van der Waals surface area contributed by atoms with Crippen molar-refractivity contribution in [2.45, 2.75) is 13.3 Å². The third-order valence-corrected chi connectivity index (χ3v) is 4.77. The van der Waals surface area contributed by atoms with Crippen molar-refractivity contribution in [1.82, 2.24) is 10.4 Å². The lowest BCUT2D eigenvalue weighted by atomic mass is 10.1. The van der Waals surface area contributed by atoms with E-state index in [9.17, 15) is 19.2 Å². The van der Waals surface area contributed by atoms with Crippen molar-refractivity contribution in [1.29, 1.82) is 0 Å². The van der Waals surface area contributed by atoms with Crippen LogP contribution >= 0.6 is 11.6 Å². The summed E-state index contributed by atoms with van der Waals surface area (Å²) < 4.78 is 5.06. The number of aryl methyl sites for hydroxylation is 1. The molecule has 2 aromatic carbocycles. The second kappa shape index (κ2) is 8.87. The van der Waals surface area contributed by atoms with Crippen LogP contribution in [0.5, 0.6) is 0 Å². The van der Waals surface area contributed by atoms with Crippen molar-refractivity contribution in [3.8, 4) is 0 Å². The molecule has 0 unspecified atom stereocenters. The van der Waals surface area contributed by atoms with Crippen LogP contribution in [-0.2, 0) is 14.3 Å². The summed E-state index contributed by atoms with van der Waals surface area (Å²) in [6.07, 6.45) is -0.0951. The van der Waals surface area contributed by atoms with Gasteiger partial charge in [-0.3, -0.25) is 29.6 Å².